The number of rotatable bonds is 3. The van der Waals surface area contributed by atoms with Gasteiger partial charge in [-0.25, -0.2) is 0 Å². The van der Waals surface area contributed by atoms with E-state index in [1.54, 1.807) is 4.90 Å². The molecule has 3 unspecified atom stereocenters. The Bertz CT molecular complexity index is 343. The monoisotopic (exact) mass is 252 g/mol. The summed E-state index contributed by atoms with van der Waals surface area (Å²) in [4.78, 5) is 28.2. The quantitative estimate of drug-likeness (QED) is 0.766. The van der Waals surface area contributed by atoms with Gasteiger partial charge in [-0.05, 0) is 32.1 Å². The highest BCUT2D eigenvalue weighted by Crippen LogP contribution is 2.26. The minimum absolute atomic E-state index is 0.134. The van der Waals surface area contributed by atoms with Gasteiger partial charge in [-0.2, -0.15) is 0 Å². The highest BCUT2D eigenvalue weighted by atomic mass is 16.2. The van der Waals surface area contributed by atoms with Crippen LogP contribution in [-0.2, 0) is 9.59 Å². The number of hydrogen-bond acceptors (Lipinski definition) is 2. The average molecular weight is 252 g/mol. The van der Waals surface area contributed by atoms with Crippen LogP contribution in [0, 0.1) is 5.92 Å². The first-order chi connectivity index (χ1) is 8.56. The lowest BCUT2D eigenvalue weighted by Crippen LogP contribution is -2.63. The van der Waals surface area contributed by atoms with Crippen LogP contribution in [0.5, 0.6) is 0 Å². The van der Waals surface area contributed by atoms with E-state index in [9.17, 15) is 9.59 Å². The molecule has 2 aliphatic rings. The zero-order chi connectivity index (χ0) is 13.3. The van der Waals surface area contributed by atoms with E-state index in [1.807, 2.05) is 4.90 Å². The minimum Gasteiger partial charge on any atom is -0.329 e. The van der Waals surface area contributed by atoms with Gasteiger partial charge >= 0.3 is 0 Å². The van der Waals surface area contributed by atoms with Crippen molar-refractivity contribution in [2.75, 3.05) is 13.1 Å². The van der Waals surface area contributed by atoms with Crippen LogP contribution in [0.15, 0.2) is 0 Å². The molecule has 4 heteroatoms. The van der Waals surface area contributed by atoms with E-state index in [2.05, 4.69) is 20.8 Å². The molecule has 0 aliphatic carbocycles. The summed E-state index contributed by atoms with van der Waals surface area (Å²) < 4.78 is 0. The molecule has 102 valence electrons. The maximum atomic E-state index is 12.5. The van der Waals surface area contributed by atoms with Gasteiger partial charge in [-0.15, -0.1) is 0 Å². The predicted molar refractivity (Wildman–Crippen MR) is 70.0 cm³/mol. The summed E-state index contributed by atoms with van der Waals surface area (Å²) in [6.45, 7) is 7.39. The SMILES string of the molecule is CCC(C)C(C)N1CC(=O)N2CCCCC2C1=O. The molecule has 18 heavy (non-hydrogen) atoms. The Morgan fingerprint density at radius 1 is 1.28 bits per heavy atom. The molecule has 0 N–H and O–H groups in total. The van der Waals surface area contributed by atoms with Crippen LogP contribution in [0.2, 0.25) is 0 Å². The number of nitrogens with zero attached hydrogens (tertiary/aromatic N) is 2. The third-order valence-electron chi connectivity index (χ3n) is 4.66. The number of piperidine rings is 1. The summed E-state index contributed by atoms with van der Waals surface area (Å²) in [5, 5.41) is 0. The average Bonchev–Trinajstić information content (AvgIpc) is 2.41. The summed E-state index contributed by atoms with van der Waals surface area (Å²) in [5.74, 6) is 0.744. The molecular weight excluding hydrogens is 228 g/mol. The molecule has 0 aromatic heterocycles. The summed E-state index contributed by atoms with van der Waals surface area (Å²) >= 11 is 0. The van der Waals surface area contributed by atoms with Crippen molar-refractivity contribution in [3.8, 4) is 0 Å². The van der Waals surface area contributed by atoms with Crippen LogP contribution in [0.1, 0.15) is 46.5 Å². The molecule has 0 aromatic rings. The van der Waals surface area contributed by atoms with Crippen LogP contribution in [0.25, 0.3) is 0 Å². The zero-order valence-electron chi connectivity index (χ0n) is 11.7. The Morgan fingerprint density at radius 2 is 2.00 bits per heavy atom. The van der Waals surface area contributed by atoms with E-state index in [4.69, 9.17) is 0 Å². The van der Waals surface area contributed by atoms with Gasteiger partial charge in [0.2, 0.25) is 11.8 Å². The van der Waals surface area contributed by atoms with Crippen LogP contribution in [0.4, 0.5) is 0 Å². The van der Waals surface area contributed by atoms with E-state index < -0.39 is 0 Å². The largest absolute Gasteiger partial charge is 0.329 e. The topological polar surface area (TPSA) is 40.6 Å². The lowest BCUT2D eigenvalue weighted by Gasteiger charge is -2.45. The normalized spacial score (nSPS) is 28.1. The summed E-state index contributed by atoms with van der Waals surface area (Å²) in [6, 6.07) is -0.0120. The predicted octanol–water partition coefficient (Wildman–Crippen LogP) is 1.64. The Labute approximate surface area is 109 Å². The Hall–Kier alpha value is -1.06. The molecule has 2 rings (SSSR count). The molecular formula is C14H24N2O2. The second-order valence-corrected chi connectivity index (χ2v) is 5.69. The smallest absolute Gasteiger partial charge is 0.246 e. The van der Waals surface area contributed by atoms with Crippen molar-refractivity contribution in [2.24, 2.45) is 5.92 Å². The molecule has 0 saturated carbocycles. The van der Waals surface area contributed by atoms with Gasteiger partial charge in [0.15, 0.2) is 0 Å². The molecule has 2 amide bonds. The second-order valence-electron chi connectivity index (χ2n) is 5.69. The van der Waals surface area contributed by atoms with E-state index in [-0.39, 0.29) is 30.4 Å². The maximum Gasteiger partial charge on any atom is 0.246 e. The van der Waals surface area contributed by atoms with Gasteiger partial charge in [0.25, 0.3) is 0 Å². The lowest BCUT2D eigenvalue weighted by atomic mass is 9.94. The molecule has 0 bridgehead atoms. The van der Waals surface area contributed by atoms with Crippen molar-refractivity contribution in [3.63, 3.8) is 0 Å². The second kappa shape index (κ2) is 5.29. The van der Waals surface area contributed by atoms with Crippen LogP contribution >= 0.6 is 0 Å². The first kappa shape index (κ1) is 13.4. The fraction of sp³-hybridized carbons (Fsp3) is 0.857. The number of amides is 2. The van der Waals surface area contributed by atoms with Gasteiger partial charge in [0, 0.05) is 12.6 Å². The van der Waals surface area contributed by atoms with Crippen molar-refractivity contribution in [1.29, 1.82) is 0 Å². The van der Waals surface area contributed by atoms with E-state index in [0.717, 1.165) is 32.2 Å². The van der Waals surface area contributed by atoms with Gasteiger partial charge in [0.05, 0.1) is 0 Å². The van der Waals surface area contributed by atoms with E-state index in [0.29, 0.717) is 5.92 Å². The van der Waals surface area contributed by atoms with Crippen molar-refractivity contribution in [2.45, 2.75) is 58.5 Å². The molecule has 0 aromatic carbocycles. The summed E-state index contributed by atoms with van der Waals surface area (Å²) in [6.07, 6.45) is 3.98. The van der Waals surface area contributed by atoms with Crippen molar-refractivity contribution in [3.05, 3.63) is 0 Å². The highest BCUT2D eigenvalue weighted by Gasteiger charge is 2.42. The fourth-order valence-electron chi connectivity index (χ4n) is 2.99. The number of hydrogen-bond donors (Lipinski definition) is 0. The minimum atomic E-state index is -0.175. The standard InChI is InChI=1S/C14H24N2O2/c1-4-10(2)11(3)16-9-13(17)15-8-6-5-7-12(15)14(16)18/h10-12H,4-9H2,1-3H3. The lowest BCUT2D eigenvalue weighted by molar-refractivity contribution is -0.160. The molecule has 3 atom stereocenters. The molecule has 2 saturated heterocycles. The molecule has 0 spiro atoms. The highest BCUT2D eigenvalue weighted by molar-refractivity contribution is 5.95. The summed E-state index contributed by atoms with van der Waals surface area (Å²) in [7, 11) is 0. The van der Waals surface area contributed by atoms with Crippen LogP contribution in [0.3, 0.4) is 0 Å². The van der Waals surface area contributed by atoms with Crippen molar-refractivity contribution >= 4 is 11.8 Å². The van der Waals surface area contributed by atoms with Gasteiger partial charge in [-0.3, -0.25) is 9.59 Å². The van der Waals surface area contributed by atoms with Crippen molar-refractivity contribution < 1.29 is 9.59 Å². The van der Waals surface area contributed by atoms with Gasteiger partial charge < -0.3 is 9.80 Å². The van der Waals surface area contributed by atoms with Crippen LogP contribution < -0.4 is 0 Å². The fourth-order valence-corrected chi connectivity index (χ4v) is 2.99. The van der Waals surface area contributed by atoms with E-state index >= 15 is 0 Å². The van der Waals surface area contributed by atoms with Crippen LogP contribution in [-0.4, -0.2) is 46.8 Å². The Balaban J connectivity index is 2.14. The molecule has 2 aliphatic heterocycles. The zero-order valence-corrected chi connectivity index (χ0v) is 11.7. The first-order valence-corrected chi connectivity index (χ1v) is 7.16. The number of piperazine rings is 1. The first-order valence-electron chi connectivity index (χ1n) is 7.16. The maximum absolute atomic E-state index is 12.5. The number of fused-ring (bicyclic) bond motifs is 1. The summed E-state index contributed by atoms with van der Waals surface area (Å²) in [5.41, 5.74) is 0. The van der Waals surface area contributed by atoms with Crippen molar-refractivity contribution in [1.82, 2.24) is 9.80 Å². The number of carbonyl (C=O) groups excluding carboxylic acids is 2. The molecule has 2 heterocycles. The third-order valence-corrected chi connectivity index (χ3v) is 4.66. The Morgan fingerprint density at radius 3 is 2.67 bits per heavy atom. The van der Waals surface area contributed by atoms with Gasteiger partial charge in [0.1, 0.15) is 12.6 Å². The molecule has 0 radical (unpaired) electrons. The molecule has 2 fully saturated rings. The Kier molecular flexibility index (Phi) is 3.93. The van der Waals surface area contributed by atoms with Gasteiger partial charge in [-0.1, -0.05) is 20.3 Å². The number of carbonyl (C=O) groups is 2. The molecule has 4 nitrogen and oxygen atoms in total. The van der Waals surface area contributed by atoms with E-state index in [1.165, 1.54) is 0 Å². The third kappa shape index (κ3) is 2.25.